The SMILES string of the molecule is CCNS(=O)(=O)c1cccc(C(=O)N2CCc3sccc3C2)c1. The summed E-state index contributed by atoms with van der Waals surface area (Å²) in [5.74, 6) is -0.129. The van der Waals surface area contributed by atoms with E-state index in [9.17, 15) is 13.2 Å². The third kappa shape index (κ3) is 3.31. The molecule has 0 saturated heterocycles. The second kappa shape index (κ2) is 6.43. The van der Waals surface area contributed by atoms with E-state index in [1.807, 2.05) is 11.4 Å². The van der Waals surface area contributed by atoms with Gasteiger partial charge in [-0.25, -0.2) is 13.1 Å². The number of rotatable bonds is 4. The van der Waals surface area contributed by atoms with Gasteiger partial charge in [-0.05, 0) is 41.6 Å². The molecule has 5 nitrogen and oxygen atoms in total. The maximum atomic E-state index is 12.7. The third-order valence-corrected chi connectivity index (χ3v) is 6.39. The lowest BCUT2D eigenvalue weighted by atomic mass is 10.1. The van der Waals surface area contributed by atoms with Crippen LogP contribution in [0, 0.1) is 0 Å². The minimum Gasteiger partial charge on any atom is -0.334 e. The highest BCUT2D eigenvalue weighted by Crippen LogP contribution is 2.25. The van der Waals surface area contributed by atoms with E-state index in [4.69, 9.17) is 0 Å². The molecule has 2 aromatic rings. The lowest BCUT2D eigenvalue weighted by molar-refractivity contribution is 0.0735. The van der Waals surface area contributed by atoms with Crippen molar-refractivity contribution in [3.8, 4) is 0 Å². The van der Waals surface area contributed by atoms with Crippen LogP contribution < -0.4 is 4.72 Å². The molecule has 0 saturated carbocycles. The van der Waals surface area contributed by atoms with Crippen LogP contribution in [-0.4, -0.2) is 32.3 Å². The van der Waals surface area contributed by atoms with Crippen LogP contribution in [-0.2, 0) is 23.0 Å². The summed E-state index contributed by atoms with van der Waals surface area (Å²) in [6, 6.07) is 8.27. The van der Waals surface area contributed by atoms with E-state index >= 15 is 0 Å². The Morgan fingerprint density at radius 2 is 2.17 bits per heavy atom. The molecule has 0 atom stereocenters. The number of fused-ring (bicyclic) bond motifs is 1. The van der Waals surface area contributed by atoms with Crippen molar-refractivity contribution >= 4 is 27.3 Å². The number of thiophene rings is 1. The van der Waals surface area contributed by atoms with Crippen molar-refractivity contribution in [2.45, 2.75) is 24.8 Å². The van der Waals surface area contributed by atoms with Gasteiger partial charge in [0.1, 0.15) is 0 Å². The minimum atomic E-state index is -3.56. The molecule has 122 valence electrons. The van der Waals surface area contributed by atoms with E-state index in [1.165, 1.54) is 22.6 Å². The molecule has 0 radical (unpaired) electrons. The first-order chi connectivity index (χ1) is 11.0. The number of hydrogen-bond acceptors (Lipinski definition) is 4. The van der Waals surface area contributed by atoms with Crippen molar-refractivity contribution in [2.24, 2.45) is 0 Å². The van der Waals surface area contributed by atoms with Crippen molar-refractivity contribution in [3.05, 3.63) is 51.7 Å². The number of carbonyl (C=O) groups excluding carboxylic acids is 1. The van der Waals surface area contributed by atoms with Crippen molar-refractivity contribution in [2.75, 3.05) is 13.1 Å². The summed E-state index contributed by atoms with van der Waals surface area (Å²) < 4.78 is 26.6. The van der Waals surface area contributed by atoms with Crippen molar-refractivity contribution < 1.29 is 13.2 Å². The zero-order chi connectivity index (χ0) is 16.4. The summed E-state index contributed by atoms with van der Waals surface area (Å²) >= 11 is 1.72. The zero-order valence-corrected chi connectivity index (χ0v) is 14.4. The topological polar surface area (TPSA) is 66.5 Å². The number of nitrogens with one attached hydrogen (secondary N) is 1. The van der Waals surface area contributed by atoms with Crippen molar-refractivity contribution in [3.63, 3.8) is 0 Å². The van der Waals surface area contributed by atoms with E-state index in [0.29, 0.717) is 25.2 Å². The Balaban J connectivity index is 1.84. The van der Waals surface area contributed by atoms with Crippen LogP contribution >= 0.6 is 11.3 Å². The van der Waals surface area contributed by atoms with Crippen molar-refractivity contribution in [1.29, 1.82) is 0 Å². The quantitative estimate of drug-likeness (QED) is 0.920. The average molecular weight is 350 g/mol. The van der Waals surface area contributed by atoms with Crippen LogP contribution in [0.25, 0.3) is 0 Å². The molecule has 1 aliphatic rings. The average Bonchev–Trinajstić information content (AvgIpc) is 3.02. The molecule has 1 N–H and O–H groups in total. The van der Waals surface area contributed by atoms with Crippen LogP contribution in [0.5, 0.6) is 0 Å². The first-order valence-corrected chi connectivity index (χ1v) is 9.82. The van der Waals surface area contributed by atoms with Crippen LogP contribution in [0.15, 0.2) is 40.6 Å². The Labute approximate surface area is 140 Å². The molecule has 1 aliphatic heterocycles. The summed E-state index contributed by atoms with van der Waals surface area (Å²) in [4.78, 5) is 15.9. The number of carbonyl (C=O) groups is 1. The largest absolute Gasteiger partial charge is 0.334 e. The highest BCUT2D eigenvalue weighted by atomic mass is 32.2. The van der Waals surface area contributed by atoms with Crippen LogP contribution in [0.1, 0.15) is 27.7 Å². The van der Waals surface area contributed by atoms with Gasteiger partial charge in [-0.1, -0.05) is 13.0 Å². The Hall–Kier alpha value is -1.70. The summed E-state index contributed by atoms with van der Waals surface area (Å²) in [6.45, 7) is 3.28. The number of sulfonamides is 1. The standard InChI is InChI=1S/C16H18N2O3S2/c1-2-17-23(20,21)14-5-3-4-12(10-14)16(19)18-8-6-15-13(11-18)7-9-22-15/h3-5,7,9-10,17H,2,6,8,11H2,1H3. The molecular weight excluding hydrogens is 332 g/mol. The van der Waals surface area contributed by atoms with Gasteiger partial charge in [0, 0.05) is 30.1 Å². The van der Waals surface area contributed by atoms with Gasteiger partial charge in [0.25, 0.3) is 5.91 Å². The fourth-order valence-electron chi connectivity index (χ4n) is 2.67. The molecule has 1 amide bonds. The molecule has 23 heavy (non-hydrogen) atoms. The predicted molar refractivity (Wildman–Crippen MR) is 90.1 cm³/mol. The number of benzene rings is 1. The first-order valence-electron chi connectivity index (χ1n) is 7.45. The van der Waals surface area contributed by atoms with E-state index in [1.54, 1.807) is 35.3 Å². The van der Waals surface area contributed by atoms with E-state index < -0.39 is 10.0 Å². The Bertz CT molecular complexity index is 827. The van der Waals surface area contributed by atoms with Gasteiger partial charge in [0.05, 0.1) is 4.90 Å². The number of hydrogen-bond donors (Lipinski definition) is 1. The molecule has 0 aliphatic carbocycles. The smallest absolute Gasteiger partial charge is 0.254 e. The van der Waals surface area contributed by atoms with Gasteiger partial charge in [-0.3, -0.25) is 4.79 Å². The first kappa shape index (κ1) is 16.2. The number of nitrogens with zero attached hydrogens (tertiary/aromatic N) is 1. The van der Waals surface area contributed by atoms with Crippen LogP contribution in [0.2, 0.25) is 0 Å². The van der Waals surface area contributed by atoms with Crippen LogP contribution in [0.4, 0.5) is 0 Å². The highest BCUT2D eigenvalue weighted by Gasteiger charge is 2.23. The second-order valence-corrected chi connectivity index (χ2v) is 8.14. The van der Waals surface area contributed by atoms with Gasteiger partial charge in [-0.2, -0.15) is 0 Å². The van der Waals surface area contributed by atoms with Gasteiger partial charge in [0.15, 0.2) is 0 Å². The number of amides is 1. The molecule has 1 aromatic heterocycles. The molecule has 2 heterocycles. The van der Waals surface area contributed by atoms with Gasteiger partial charge in [-0.15, -0.1) is 11.3 Å². The predicted octanol–water partition coefficient (Wildman–Crippen LogP) is 2.24. The lowest BCUT2D eigenvalue weighted by Gasteiger charge is -2.27. The van der Waals surface area contributed by atoms with E-state index in [-0.39, 0.29) is 10.8 Å². The summed E-state index contributed by atoms with van der Waals surface area (Å²) in [6.07, 6.45) is 0.855. The Kier molecular flexibility index (Phi) is 4.52. The minimum absolute atomic E-state index is 0.124. The van der Waals surface area contributed by atoms with Gasteiger partial charge in [0.2, 0.25) is 10.0 Å². The summed E-state index contributed by atoms with van der Waals surface area (Å²) in [5, 5.41) is 2.04. The van der Waals surface area contributed by atoms with E-state index in [0.717, 1.165) is 6.42 Å². The lowest BCUT2D eigenvalue weighted by Crippen LogP contribution is -2.35. The molecule has 3 rings (SSSR count). The fourth-order valence-corrected chi connectivity index (χ4v) is 4.65. The maximum absolute atomic E-state index is 12.7. The fraction of sp³-hybridized carbons (Fsp3) is 0.312. The van der Waals surface area contributed by atoms with Gasteiger partial charge < -0.3 is 4.90 Å². The Morgan fingerprint density at radius 1 is 1.35 bits per heavy atom. The highest BCUT2D eigenvalue weighted by molar-refractivity contribution is 7.89. The summed E-state index contributed by atoms with van der Waals surface area (Å²) in [5.41, 5.74) is 1.59. The normalized spacial score (nSPS) is 14.6. The second-order valence-electron chi connectivity index (χ2n) is 5.37. The maximum Gasteiger partial charge on any atom is 0.254 e. The van der Waals surface area contributed by atoms with Crippen molar-refractivity contribution in [1.82, 2.24) is 9.62 Å². The molecule has 7 heteroatoms. The molecule has 1 aromatic carbocycles. The summed E-state index contributed by atoms with van der Waals surface area (Å²) in [7, 11) is -3.56. The molecule has 0 spiro atoms. The molecule has 0 bridgehead atoms. The molecular formula is C16H18N2O3S2. The molecule has 0 unspecified atom stereocenters. The third-order valence-electron chi connectivity index (χ3n) is 3.82. The zero-order valence-electron chi connectivity index (χ0n) is 12.8. The monoisotopic (exact) mass is 350 g/mol. The Morgan fingerprint density at radius 3 is 2.96 bits per heavy atom. The van der Waals surface area contributed by atoms with E-state index in [2.05, 4.69) is 4.72 Å². The van der Waals surface area contributed by atoms with Crippen LogP contribution in [0.3, 0.4) is 0 Å². The van der Waals surface area contributed by atoms with Gasteiger partial charge >= 0.3 is 0 Å². The molecule has 0 fully saturated rings.